The lowest BCUT2D eigenvalue weighted by atomic mass is 10.1. The van der Waals surface area contributed by atoms with Crippen molar-refractivity contribution < 1.29 is 14.7 Å². The molecular formula is C13H22N2O3S. The summed E-state index contributed by atoms with van der Waals surface area (Å²) in [5, 5.41) is 12.5. The van der Waals surface area contributed by atoms with E-state index in [1.165, 1.54) is 0 Å². The minimum absolute atomic E-state index is 0.0596. The van der Waals surface area contributed by atoms with Crippen molar-refractivity contribution in [2.24, 2.45) is 0 Å². The lowest BCUT2D eigenvalue weighted by Crippen LogP contribution is -2.48. The number of amides is 2. The number of carbonyl (C=O) groups excluding carboxylic acids is 1. The minimum Gasteiger partial charge on any atom is -0.481 e. The van der Waals surface area contributed by atoms with Gasteiger partial charge in [0, 0.05) is 23.9 Å². The lowest BCUT2D eigenvalue weighted by molar-refractivity contribution is -0.137. The highest BCUT2D eigenvalue weighted by atomic mass is 32.2. The van der Waals surface area contributed by atoms with Crippen LogP contribution in [0.25, 0.3) is 0 Å². The molecule has 0 aromatic rings. The molecule has 1 aliphatic heterocycles. The number of urea groups is 1. The molecule has 2 aliphatic rings. The Kier molecular flexibility index (Phi) is 4.96. The SMILES string of the molecule is CSC1CCCC1NC(=O)N1CCCC1CC(=O)O. The molecular weight excluding hydrogens is 264 g/mol. The van der Waals surface area contributed by atoms with E-state index in [0.29, 0.717) is 11.8 Å². The molecule has 108 valence electrons. The summed E-state index contributed by atoms with van der Waals surface area (Å²) in [6.07, 6.45) is 7.20. The van der Waals surface area contributed by atoms with Gasteiger partial charge in [-0.3, -0.25) is 4.79 Å². The van der Waals surface area contributed by atoms with Gasteiger partial charge in [-0.2, -0.15) is 11.8 Å². The van der Waals surface area contributed by atoms with Gasteiger partial charge in [0.15, 0.2) is 0 Å². The van der Waals surface area contributed by atoms with Crippen molar-refractivity contribution in [1.82, 2.24) is 10.2 Å². The Morgan fingerprint density at radius 1 is 1.32 bits per heavy atom. The number of aliphatic carboxylic acids is 1. The van der Waals surface area contributed by atoms with E-state index in [4.69, 9.17) is 5.11 Å². The van der Waals surface area contributed by atoms with Crippen LogP contribution in [0.1, 0.15) is 38.5 Å². The van der Waals surface area contributed by atoms with Crippen LogP contribution in [0.3, 0.4) is 0 Å². The van der Waals surface area contributed by atoms with E-state index in [2.05, 4.69) is 11.6 Å². The molecule has 0 aromatic carbocycles. The average molecular weight is 286 g/mol. The molecule has 19 heavy (non-hydrogen) atoms. The van der Waals surface area contributed by atoms with Crippen LogP contribution in [0.5, 0.6) is 0 Å². The number of nitrogens with one attached hydrogen (secondary N) is 1. The number of carboxylic acids is 1. The van der Waals surface area contributed by atoms with Crippen LogP contribution in [0, 0.1) is 0 Å². The van der Waals surface area contributed by atoms with E-state index in [0.717, 1.165) is 32.1 Å². The first-order valence-corrected chi connectivity index (χ1v) is 8.22. The van der Waals surface area contributed by atoms with Crippen molar-refractivity contribution in [2.45, 2.75) is 55.9 Å². The van der Waals surface area contributed by atoms with Gasteiger partial charge in [0.2, 0.25) is 0 Å². The van der Waals surface area contributed by atoms with Crippen LogP contribution in [-0.2, 0) is 4.79 Å². The number of nitrogens with zero attached hydrogens (tertiary/aromatic N) is 1. The molecule has 5 nitrogen and oxygen atoms in total. The Hall–Kier alpha value is -0.910. The van der Waals surface area contributed by atoms with Gasteiger partial charge in [-0.15, -0.1) is 0 Å². The number of rotatable bonds is 4. The van der Waals surface area contributed by atoms with Gasteiger partial charge >= 0.3 is 12.0 Å². The van der Waals surface area contributed by atoms with E-state index in [1.807, 2.05) is 11.8 Å². The smallest absolute Gasteiger partial charge is 0.317 e. The maximum absolute atomic E-state index is 12.3. The van der Waals surface area contributed by atoms with Gasteiger partial charge in [0.1, 0.15) is 0 Å². The van der Waals surface area contributed by atoms with Crippen molar-refractivity contribution >= 4 is 23.8 Å². The number of hydrogen-bond acceptors (Lipinski definition) is 3. The maximum Gasteiger partial charge on any atom is 0.317 e. The summed E-state index contributed by atoms with van der Waals surface area (Å²) in [7, 11) is 0. The topological polar surface area (TPSA) is 69.6 Å². The minimum atomic E-state index is -0.826. The fourth-order valence-corrected chi connectivity index (χ4v) is 4.07. The maximum atomic E-state index is 12.3. The summed E-state index contributed by atoms with van der Waals surface area (Å²) in [5.41, 5.74) is 0. The number of carbonyl (C=O) groups is 2. The number of thioether (sulfide) groups is 1. The van der Waals surface area contributed by atoms with Gasteiger partial charge in [-0.1, -0.05) is 6.42 Å². The molecule has 0 aromatic heterocycles. The molecule has 6 heteroatoms. The third-order valence-corrected chi connectivity index (χ3v) is 5.28. The largest absolute Gasteiger partial charge is 0.481 e. The number of likely N-dealkylation sites (tertiary alicyclic amines) is 1. The van der Waals surface area contributed by atoms with Crippen LogP contribution in [0.15, 0.2) is 0 Å². The van der Waals surface area contributed by atoms with Crippen molar-refractivity contribution in [2.75, 3.05) is 12.8 Å². The first-order chi connectivity index (χ1) is 9.11. The van der Waals surface area contributed by atoms with E-state index in [-0.39, 0.29) is 24.5 Å². The van der Waals surface area contributed by atoms with Crippen molar-refractivity contribution in [3.8, 4) is 0 Å². The van der Waals surface area contributed by atoms with Gasteiger partial charge in [-0.05, 0) is 31.9 Å². The van der Waals surface area contributed by atoms with Crippen LogP contribution >= 0.6 is 11.8 Å². The molecule has 1 saturated heterocycles. The molecule has 3 atom stereocenters. The summed E-state index contributed by atoms with van der Waals surface area (Å²) in [6, 6.07) is 0.0370. The van der Waals surface area contributed by atoms with Gasteiger partial charge in [0.05, 0.1) is 6.42 Å². The predicted molar refractivity (Wildman–Crippen MR) is 75.5 cm³/mol. The first-order valence-electron chi connectivity index (χ1n) is 6.93. The molecule has 1 aliphatic carbocycles. The Morgan fingerprint density at radius 3 is 2.79 bits per heavy atom. The third kappa shape index (κ3) is 3.55. The molecule has 2 fully saturated rings. The van der Waals surface area contributed by atoms with Crippen LogP contribution < -0.4 is 5.32 Å². The monoisotopic (exact) mass is 286 g/mol. The Labute approximate surface area is 118 Å². The van der Waals surface area contributed by atoms with Gasteiger partial charge in [-0.25, -0.2) is 4.79 Å². The Bertz CT molecular complexity index is 351. The zero-order valence-electron chi connectivity index (χ0n) is 11.3. The molecule has 0 spiro atoms. The van der Waals surface area contributed by atoms with E-state index < -0.39 is 5.97 Å². The molecule has 3 unspecified atom stereocenters. The third-order valence-electron chi connectivity index (χ3n) is 4.11. The van der Waals surface area contributed by atoms with Crippen LogP contribution in [0.2, 0.25) is 0 Å². The highest BCUT2D eigenvalue weighted by Gasteiger charge is 2.34. The summed E-state index contributed by atoms with van der Waals surface area (Å²) in [6.45, 7) is 0.681. The standard InChI is InChI=1S/C13H22N2O3S/c1-19-11-6-2-5-10(11)14-13(18)15-7-3-4-9(15)8-12(16)17/h9-11H,2-8H2,1H3,(H,14,18)(H,16,17). The lowest BCUT2D eigenvalue weighted by Gasteiger charge is -2.27. The highest BCUT2D eigenvalue weighted by Crippen LogP contribution is 2.29. The normalized spacial score (nSPS) is 30.6. The highest BCUT2D eigenvalue weighted by molar-refractivity contribution is 7.99. The van der Waals surface area contributed by atoms with E-state index in [1.54, 1.807) is 4.90 Å². The predicted octanol–water partition coefficient (Wildman–Crippen LogP) is 1.92. The van der Waals surface area contributed by atoms with E-state index in [9.17, 15) is 9.59 Å². The molecule has 1 saturated carbocycles. The average Bonchev–Trinajstić information content (AvgIpc) is 2.97. The van der Waals surface area contributed by atoms with Crippen molar-refractivity contribution in [3.63, 3.8) is 0 Å². The second kappa shape index (κ2) is 6.50. The summed E-state index contributed by atoms with van der Waals surface area (Å²) < 4.78 is 0. The van der Waals surface area contributed by atoms with E-state index >= 15 is 0 Å². The zero-order chi connectivity index (χ0) is 13.8. The van der Waals surface area contributed by atoms with Crippen LogP contribution in [-0.4, -0.2) is 52.1 Å². The summed E-state index contributed by atoms with van der Waals surface area (Å²) in [5.74, 6) is -0.826. The summed E-state index contributed by atoms with van der Waals surface area (Å²) in [4.78, 5) is 24.8. The Morgan fingerprint density at radius 2 is 2.11 bits per heavy atom. The fraction of sp³-hybridized carbons (Fsp3) is 0.846. The number of hydrogen-bond donors (Lipinski definition) is 2. The molecule has 1 heterocycles. The molecule has 2 N–H and O–H groups in total. The second-order valence-electron chi connectivity index (χ2n) is 5.35. The van der Waals surface area contributed by atoms with Crippen molar-refractivity contribution in [3.05, 3.63) is 0 Å². The van der Waals surface area contributed by atoms with Gasteiger partial charge < -0.3 is 15.3 Å². The molecule has 2 rings (SSSR count). The van der Waals surface area contributed by atoms with Crippen molar-refractivity contribution in [1.29, 1.82) is 0 Å². The van der Waals surface area contributed by atoms with Gasteiger partial charge in [0.25, 0.3) is 0 Å². The fourth-order valence-electron chi connectivity index (χ4n) is 3.13. The molecule has 2 amide bonds. The first kappa shape index (κ1) is 14.5. The summed E-state index contributed by atoms with van der Waals surface area (Å²) >= 11 is 1.81. The molecule has 0 radical (unpaired) electrons. The second-order valence-corrected chi connectivity index (χ2v) is 6.43. The molecule has 0 bridgehead atoms. The number of carboxylic acid groups (broad SMARTS) is 1. The van der Waals surface area contributed by atoms with Crippen LogP contribution in [0.4, 0.5) is 4.79 Å². The quantitative estimate of drug-likeness (QED) is 0.828. The zero-order valence-corrected chi connectivity index (χ0v) is 12.1. The Balaban J connectivity index is 1.89.